The largest absolute Gasteiger partial charge is 0.333 e. The molecule has 0 spiro atoms. The lowest BCUT2D eigenvalue weighted by atomic mass is 10.0. The Balaban J connectivity index is 1.56. The van der Waals surface area contributed by atoms with Crippen molar-refractivity contribution in [3.05, 3.63) is 59.1 Å². The Bertz CT molecular complexity index is 788. The number of carbonyl (C=O) groups is 2. The Morgan fingerprint density at radius 3 is 2.38 bits per heavy atom. The highest BCUT2D eigenvalue weighted by Crippen LogP contribution is 2.23. The molecule has 3 rings (SSSR count). The van der Waals surface area contributed by atoms with Gasteiger partial charge in [-0.3, -0.25) is 4.79 Å². The van der Waals surface area contributed by atoms with Crippen LogP contribution in [0.5, 0.6) is 0 Å². The molecular formula is C20H22ClN3O2. The van der Waals surface area contributed by atoms with Crippen molar-refractivity contribution in [3.8, 4) is 0 Å². The van der Waals surface area contributed by atoms with Gasteiger partial charge in [0.1, 0.15) is 0 Å². The first-order chi connectivity index (χ1) is 12.4. The molecule has 2 aromatic rings. The van der Waals surface area contributed by atoms with Gasteiger partial charge in [0, 0.05) is 29.4 Å². The van der Waals surface area contributed by atoms with Crippen molar-refractivity contribution in [2.24, 2.45) is 0 Å². The summed E-state index contributed by atoms with van der Waals surface area (Å²) in [6.45, 7) is 4.69. The van der Waals surface area contributed by atoms with Crippen molar-refractivity contribution < 1.29 is 9.59 Å². The number of halogens is 1. The monoisotopic (exact) mass is 371 g/mol. The van der Waals surface area contributed by atoms with Crippen molar-refractivity contribution in [3.63, 3.8) is 0 Å². The normalized spacial score (nSPS) is 16.8. The molecule has 5 nitrogen and oxygen atoms in total. The highest BCUT2D eigenvalue weighted by Gasteiger charge is 2.31. The summed E-state index contributed by atoms with van der Waals surface area (Å²) in [5, 5.41) is 6.31. The Morgan fingerprint density at radius 2 is 1.77 bits per heavy atom. The van der Waals surface area contributed by atoms with E-state index in [2.05, 4.69) is 24.5 Å². The molecule has 1 fully saturated rings. The van der Waals surface area contributed by atoms with Crippen LogP contribution in [0.1, 0.15) is 31.7 Å². The topological polar surface area (TPSA) is 61.4 Å². The van der Waals surface area contributed by atoms with Gasteiger partial charge < -0.3 is 15.5 Å². The van der Waals surface area contributed by atoms with E-state index < -0.39 is 0 Å². The van der Waals surface area contributed by atoms with Gasteiger partial charge in [-0.2, -0.15) is 0 Å². The van der Waals surface area contributed by atoms with E-state index in [1.807, 2.05) is 24.3 Å². The zero-order valence-corrected chi connectivity index (χ0v) is 15.6. The van der Waals surface area contributed by atoms with Gasteiger partial charge in [-0.15, -0.1) is 0 Å². The molecule has 0 bridgehead atoms. The zero-order chi connectivity index (χ0) is 18.7. The van der Waals surface area contributed by atoms with E-state index in [-0.39, 0.29) is 24.4 Å². The second kappa shape index (κ2) is 7.79. The number of hydrogen-bond acceptors (Lipinski definition) is 2. The third-order valence-corrected chi connectivity index (χ3v) is 4.69. The first-order valence-corrected chi connectivity index (χ1v) is 9.03. The van der Waals surface area contributed by atoms with E-state index in [1.54, 1.807) is 29.2 Å². The van der Waals surface area contributed by atoms with Crippen molar-refractivity contribution >= 4 is 34.9 Å². The first-order valence-electron chi connectivity index (χ1n) is 8.66. The van der Waals surface area contributed by atoms with Crippen molar-refractivity contribution in [1.82, 2.24) is 5.32 Å². The molecule has 0 radical (unpaired) electrons. The standard InChI is InChI=1S/C20H22ClN3O2/c1-13(2)14-3-7-16(8-4-14)22-20(26)23-17-11-19(25)24(12-17)18-9-5-15(21)6-10-18/h3-10,13,17H,11-12H2,1-2H3,(H2,22,23,26). The predicted octanol–water partition coefficient (Wildman–Crippen LogP) is 4.39. The molecule has 1 aliphatic heterocycles. The maximum absolute atomic E-state index is 12.2. The van der Waals surface area contributed by atoms with E-state index in [1.165, 1.54) is 5.56 Å². The number of carbonyl (C=O) groups excluding carboxylic acids is 2. The van der Waals surface area contributed by atoms with Crippen LogP contribution >= 0.6 is 11.6 Å². The van der Waals surface area contributed by atoms with Gasteiger partial charge >= 0.3 is 6.03 Å². The van der Waals surface area contributed by atoms with Crippen LogP contribution in [-0.4, -0.2) is 24.5 Å². The van der Waals surface area contributed by atoms with Crippen LogP contribution < -0.4 is 15.5 Å². The second-order valence-electron chi connectivity index (χ2n) is 6.76. The molecule has 1 saturated heterocycles. The molecule has 0 aliphatic carbocycles. The summed E-state index contributed by atoms with van der Waals surface area (Å²) in [6.07, 6.45) is 0.280. The Labute approximate surface area is 158 Å². The minimum absolute atomic E-state index is 0.0149. The number of hydrogen-bond donors (Lipinski definition) is 2. The van der Waals surface area contributed by atoms with Crippen molar-refractivity contribution in [2.75, 3.05) is 16.8 Å². The fraction of sp³-hybridized carbons (Fsp3) is 0.300. The molecule has 1 aliphatic rings. The van der Waals surface area contributed by atoms with Crippen LogP contribution in [0.15, 0.2) is 48.5 Å². The van der Waals surface area contributed by atoms with Crippen molar-refractivity contribution in [1.29, 1.82) is 0 Å². The molecular weight excluding hydrogens is 350 g/mol. The summed E-state index contributed by atoms with van der Waals surface area (Å²) in [7, 11) is 0. The van der Waals surface area contributed by atoms with Crippen LogP contribution in [0, 0.1) is 0 Å². The second-order valence-corrected chi connectivity index (χ2v) is 7.19. The van der Waals surface area contributed by atoms with Gasteiger partial charge in [-0.25, -0.2) is 4.79 Å². The minimum atomic E-state index is -0.307. The third kappa shape index (κ3) is 4.35. The zero-order valence-electron chi connectivity index (χ0n) is 14.8. The van der Waals surface area contributed by atoms with Crippen LogP contribution in [0.4, 0.5) is 16.2 Å². The lowest BCUT2D eigenvalue weighted by molar-refractivity contribution is -0.117. The molecule has 0 saturated carbocycles. The Morgan fingerprint density at radius 1 is 1.12 bits per heavy atom. The summed E-state index contributed by atoms with van der Waals surface area (Å²) in [5.41, 5.74) is 2.73. The number of nitrogens with one attached hydrogen (secondary N) is 2. The molecule has 26 heavy (non-hydrogen) atoms. The van der Waals surface area contributed by atoms with Gasteiger partial charge in [0.25, 0.3) is 0 Å². The SMILES string of the molecule is CC(C)c1ccc(NC(=O)NC2CC(=O)N(c3ccc(Cl)cc3)C2)cc1. The van der Waals surface area contributed by atoms with E-state index >= 15 is 0 Å². The Hall–Kier alpha value is -2.53. The van der Waals surface area contributed by atoms with E-state index in [0.717, 1.165) is 11.4 Å². The molecule has 136 valence electrons. The average Bonchev–Trinajstić information content (AvgIpc) is 2.96. The van der Waals surface area contributed by atoms with Crippen molar-refractivity contribution in [2.45, 2.75) is 32.2 Å². The molecule has 1 atom stereocenters. The highest BCUT2D eigenvalue weighted by atomic mass is 35.5. The first kappa shape index (κ1) is 18.3. The quantitative estimate of drug-likeness (QED) is 0.837. The average molecular weight is 372 g/mol. The summed E-state index contributed by atoms with van der Waals surface area (Å²) < 4.78 is 0. The number of amides is 3. The van der Waals surface area contributed by atoms with Crippen LogP contribution in [0.25, 0.3) is 0 Å². The maximum Gasteiger partial charge on any atom is 0.319 e. The van der Waals surface area contributed by atoms with Crippen LogP contribution in [0.2, 0.25) is 5.02 Å². The molecule has 1 unspecified atom stereocenters. The lowest BCUT2D eigenvalue weighted by Gasteiger charge is -2.17. The summed E-state index contributed by atoms with van der Waals surface area (Å²) in [4.78, 5) is 26.1. The molecule has 6 heteroatoms. The third-order valence-electron chi connectivity index (χ3n) is 4.43. The van der Waals surface area contributed by atoms with Gasteiger partial charge in [0.05, 0.1) is 6.04 Å². The number of rotatable bonds is 4. The fourth-order valence-electron chi connectivity index (χ4n) is 2.98. The number of urea groups is 1. The molecule has 2 aromatic carbocycles. The summed E-state index contributed by atoms with van der Waals surface area (Å²) in [5.74, 6) is 0.431. The minimum Gasteiger partial charge on any atom is -0.333 e. The number of anilines is 2. The maximum atomic E-state index is 12.2. The lowest BCUT2D eigenvalue weighted by Crippen LogP contribution is -2.39. The number of nitrogens with zero attached hydrogens (tertiary/aromatic N) is 1. The summed E-state index contributed by atoms with van der Waals surface area (Å²) in [6, 6.07) is 14.3. The van der Waals surface area contributed by atoms with Gasteiger partial charge in [-0.05, 0) is 47.9 Å². The van der Waals surface area contributed by atoms with Crippen LogP contribution in [0.3, 0.4) is 0 Å². The molecule has 0 aromatic heterocycles. The highest BCUT2D eigenvalue weighted by molar-refractivity contribution is 6.30. The smallest absolute Gasteiger partial charge is 0.319 e. The number of benzene rings is 2. The van der Waals surface area contributed by atoms with E-state index in [9.17, 15) is 9.59 Å². The molecule has 3 amide bonds. The van der Waals surface area contributed by atoms with Gasteiger partial charge in [-0.1, -0.05) is 37.6 Å². The fourth-order valence-corrected chi connectivity index (χ4v) is 3.10. The van der Waals surface area contributed by atoms with E-state index in [4.69, 9.17) is 11.6 Å². The molecule has 2 N–H and O–H groups in total. The van der Waals surface area contributed by atoms with E-state index in [0.29, 0.717) is 17.5 Å². The predicted molar refractivity (Wildman–Crippen MR) is 105 cm³/mol. The van der Waals surface area contributed by atoms with Gasteiger partial charge in [0.15, 0.2) is 0 Å². The molecule has 1 heterocycles. The Kier molecular flexibility index (Phi) is 5.47. The van der Waals surface area contributed by atoms with Crippen LogP contribution in [-0.2, 0) is 4.79 Å². The summed E-state index contributed by atoms with van der Waals surface area (Å²) >= 11 is 5.89. The van der Waals surface area contributed by atoms with Gasteiger partial charge in [0.2, 0.25) is 5.91 Å².